The number of hydrogen-bond donors (Lipinski definition) is 1. The highest BCUT2D eigenvalue weighted by molar-refractivity contribution is 5.85. The molecule has 0 atom stereocenters. The molecular formula is C8H14ClN3. The molecule has 0 saturated heterocycles. The summed E-state index contributed by atoms with van der Waals surface area (Å²) in [5.74, 6) is 0.960. The van der Waals surface area contributed by atoms with E-state index in [0.29, 0.717) is 6.54 Å². The zero-order valence-electron chi connectivity index (χ0n) is 7.32. The Morgan fingerprint density at radius 1 is 1.42 bits per heavy atom. The van der Waals surface area contributed by atoms with Gasteiger partial charge in [0.15, 0.2) is 0 Å². The molecule has 0 unspecified atom stereocenters. The van der Waals surface area contributed by atoms with Gasteiger partial charge in [-0.05, 0) is 11.6 Å². The molecule has 4 heteroatoms. The second-order valence-corrected chi connectivity index (χ2v) is 2.62. The molecule has 1 rings (SSSR count). The lowest BCUT2D eigenvalue weighted by molar-refractivity contribution is 1.02. The molecule has 0 fully saturated rings. The Balaban J connectivity index is 0.00000121. The van der Waals surface area contributed by atoms with Crippen LogP contribution in [0.5, 0.6) is 0 Å². The van der Waals surface area contributed by atoms with Crippen LogP contribution in [0.4, 0.5) is 5.82 Å². The SMILES string of the molecule is CN(C)c1ccc(CN)cn1.Cl. The third-order valence-electron chi connectivity index (χ3n) is 1.50. The lowest BCUT2D eigenvalue weighted by Gasteiger charge is -2.10. The quantitative estimate of drug-likeness (QED) is 0.752. The van der Waals surface area contributed by atoms with Crippen molar-refractivity contribution in [1.29, 1.82) is 0 Å². The summed E-state index contributed by atoms with van der Waals surface area (Å²) in [6.45, 7) is 0.556. The van der Waals surface area contributed by atoms with E-state index in [1.807, 2.05) is 31.1 Å². The predicted octanol–water partition coefficient (Wildman–Crippen LogP) is 1.03. The molecule has 68 valence electrons. The Morgan fingerprint density at radius 3 is 2.42 bits per heavy atom. The van der Waals surface area contributed by atoms with Gasteiger partial charge in [0, 0.05) is 26.8 Å². The molecule has 0 aliphatic rings. The minimum atomic E-state index is 0. The molecule has 0 spiro atoms. The van der Waals surface area contributed by atoms with Crippen molar-refractivity contribution < 1.29 is 0 Å². The maximum absolute atomic E-state index is 5.42. The van der Waals surface area contributed by atoms with Gasteiger partial charge in [-0.1, -0.05) is 6.07 Å². The van der Waals surface area contributed by atoms with E-state index >= 15 is 0 Å². The van der Waals surface area contributed by atoms with E-state index in [4.69, 9.17) is 5.73 Å². The van der Waals surface area contributed by atoms with Gasteiger partial charge in [-0.25, -0.2) is 4.98 Å². The third-order valence-corrected chi connectivity index (χ3v) is 1.50. The summed E-state index contributed by atoms with van der Waals surface area (Å²) >= 11 is 0. The van der Waals surface area contributed by atoms with Crippen LogP contribution in [0.3, 0.4) is 0 Å². The molecule has 3 nitrogen and oxygen atoms in total. The van der Waals surface area contributed by atoms with E-state index in [2.05, 4.69) is 4.98 Å². The van der Waals surface area contributed by atoms with Crippen LogP contribution in [-0.4, -0.2) is 19.1 Å². The van der Waals surface area contributed by atoms with Gasteiger partial charge in [-0.2, -0.15) is 0 Å². The number of halogens is 1. The average molecular weight is 188 g/mol. The summed E-state index contributed by atoms with van der Waals surface area (Å²) in [6.07, 6.45) is 1.80. The summed E-state index contributed by atoms with van der Waals surface area (Å²) < 4.78 is 0. The third kappa shape index (κ3) is 2.68. The van der Waals surface area contributed by atoms with E-state index in [9.17, 15) is 0 Å². The minimum absolute atomic E-state index is 0. The molecule has 0 aromatic carbocycles. The smallest absolute Gasteiger partial charge is 0.127 e. The van der Waals surface area contributed by atoms with Gasteiger partial charge in [0.25, 0.3) is 0 Å². The van der Waals surface area contributed by atoms with E-state index in [1.165, 1.54) is 0 Å². The number of rotatable bonds is 2. The van der Waals surface area contributed by atoms with Crippen molar-refractivity contribution in [3.63, 3.8) is 0 Å². The normalized spacial score (nSPS) is 8.92. The first-order valence-electron chi connectivity index (χ1n) is 3.56. The maximum Gasteiger partial charge on any atom is 0.127 e. The number of aromatic nitrogens is 1. The van der Waals surface area contributed by atoms with E-state index in [0.717, 1.165) is 11.4 Å². The van der Waals surface area contributed by atoms with Crippen molar-refractivity contribution in [2.75, 3.05) is 19.0 Å². The molecular weight excluding hydrogens is 174 g/mol. The van der Waals surface area contributed by atoms with E-state index in [-0.39, 0.29) is 12.4 Å². The Kier molecular flexibility index (Phi) is 4.62. The fourth-order valence-electron chi connectivity index (χ4n) is 0.802. The van der Waals surface area contributed by atoms with Crippen LogP contribution >= 0.6 is 12.4 Å². The molecule has 0 bridgehead atoms. The lowest BCUT2D eigenvalue weighted by atomic mass is 10.3. The van der Waals surface area contributed by atoms with Gasteiger partial charge in [0.2, 0.25) is 0 Å². The first-order valence-corrected chi connectivity index (χ1v) is 3.56. The first kappa shape index (κ1) is 11.2. The molecule has 1 heterocycles. The van der Waals surface area contributed by atoms with Crippen molar-refractivity contribution in [2.24, 2.45) is 5.73 Å². The minimum Gasteiger partial charge on any atom is -0.363 e. The van der Waals surface area contributed by atoms with Crippen molar-refractivity contribution in [3.8, 4) is 0 Å². The maximum atomic E-state index is 5.42. The highest BCUT2D eigenvalue weighted by Gasteiger charge is 1.94. The average Bonchev–Trinajstić information content (AvgIpc) is 2.05. The Morgan fingerprint density at radius 2 is 2.08 bits per heavy atom. The molecule has 0 saturated carbocycles. The van der Waals surface area contributed by atoms with Crippen molar-refractivity contribution >= 4 is 18.2 Å². The zero-order chi connectivity index (χ0) is 8.27. The van der Waals surface area contributed by atoms with Crippen LogP contribution in [0.25, 0.3) is 0 Å². The van der Waals surface area contributed by atoms with E-state index in [1.54, 1.807) is 6.20 Å². The monoisotopic (exact) mass is 187 g/mol. The summed E-state index contributed by atoms with van der Waals surface area (Å²) in [7, 11) is 3.93. The van der Waals surface area contributed by atoms with Crippen LogP contribution in [0.1, 0.15) is 5.56 Å². The van der Waals surface area contributed by atoms with E-state index < -0.39 is 0 Å². The molecule has 0 radical (unpaired) electrons. The second-order valence-electron chi connectivity index (χ2n) is 2.62. The summed E-state index contributed by atoms with van der Waals surface area (Å²) in [4.78, 5) is 6.15. The molecule has 0 aliphatic heterocycles. The Labute approximate surface area is 79.0 Å². The van der Waals surface area contributed by atoms with Crippen molar-refractivity contribution in [1.82, 2.24) is 4.98 Å². The van der Waals surface area contributed by atoms with Crippen LogP contribution in [0.15, 0.2) is 18.3 Å². The number of hydrogen-bond acceptors (Lipinski definition) is 3. The molecule has 0 amide bonds. The van der Waals surface area contributed by atoms with Gasteiger partial charge in [-0.15, -0.1) is 12.4 Å². The molecule has 1 aromatic rings. The van der Waals surface area contributed by atoms with Gasteiger partial charge >= 0.3 is 0 Å². The molecule has 2 N–H and O–H groups in total. The molecule has 0 aliphatic carbocycles. The largest absolute Gasteiger partial charge is 0.363 e. The summed E-state index contributed by atoms with van der Waals surface area (Å²) in [5, 5.41) is 0. The Bertz CT molecular complexity index is 220. The highest BCUT2D eigenvalue weighted by atomic mass is 35.5. The second kappa shape index (κ2) is 4.95. The van der Waals surface area contributed by atoms with Crippen LogP contribution in [-0.2, 0) is 6.54 Å². The van der Waals surface area contributed by atoms with Crippen LogP contribution in [0, 0.1) is 0 Å². The van der Waals surface area contributed by atoms with Crippen LogP contribution < -0.4 is 10.6 Å². The van der Waals surface area contributed by atoms with Crippen LogP contribution in [0.2, 0.25) is 0 Å². The van der Waals surface area contributed by atoms with Gasteiger partial charge in [-0.3, -0.25) is 0 Å². The van der Waals surface area contributed by atoms with Gasteiger partial charge in [0.1, 0.15) is 5.82 Å². The number of nitrogens with two attached hydrogens (primary N) is 1. The fourth-order valence-corrected chi connectivity index (χ4v) is 0.802. The standard InChI is InChI=1S/C8H13N3.ClH/c1-11(2)8-4-3-7(5-9)6-10-8;/h3-4,6H,5,9H2,1-2H3;1H. The predicted molar refractivity (Wildman–Crippen MR) is 53.7 cm³/mol. The van der Waals surface area contributed by atoms with Crippen molar-refractivity contribution in [3.05, 3.63) is 23.9 Å². The number of nitrogens with zero attached hydrogens (tertiary/aromatic N) is 2. The molecule has 1 aromatic heterocycles. The number of pyridine rings is 1. The fraction of sp³-hybridized carbons (Fsp3) is 0.375. The topological polar surface area (TPSA) is 42.1 Å². The van der Waals surface area contributed by atoms with Gasteiger partial charge in [0.05, 0.1) is 0 Å². The first-order chi connectivity index (χ1) is 5.24. The summed E-state index contributed by atoms with van der Waals surface area (Å²) in [5.41, 5.74) is 6.49. The lowest BCUT2D eigenvalue weighted by Crippen LogP contribution is -2.10. The van der Waals surface area contributed by atoms with Crippen molar-refractivity contribution in [2.45, 2.75) is 6.54 Å². The Hall–Kier alpha value is -0.800. The number of anilines is 1. The van der Waals surface area contributed by atoms with Gasteiger partial charge < -0.3 is 10.6 Å². The molecule has 12 heavy (non-hydrogen) atoms. The highest BCUT2D eigenvalue weighted by Crippen LogP contribution is 2.06. The summed E-state index contributed by atoms with van der Waals surface area (Å²) in [6, 6.07) is 3.95. The zero-order valence-corrected chi connectivity index (χ0v) is 8.14.